The van der Waals surface area contributed by atoms with Gasteiger partial charge in [-0.05, 0) is 62.1 Å². The predicted molar refractivity (Wildman–Crippen MR) is 144 cm³/mol. The summed E-state index contributed by atoms with van der Waals surface area (Å²) in [5.74, 6) is 2.10. The highest BCUT2D eigenvalue weighted by atomic mass is 16.5. The van der Waals surface area contributed by atoms with Gasteiger partial charge in [0, 0.05) is 30.8 Å². The number of nitrogens with one attached hydrogen (secondary N) is 3. The third-order valence-electron chi connectivity index (χ3n) is 6.20. The van der Waals surface area contributed by atoms with Crippen molar-refractivity contribution in [3.05, 3.63) is 84.2 Å². The van der Waals surface area contributed by atoms with Gasteiger partial charge < -0.3 is 25.8 Å². The van der Waals surface area contributed by atoms with Gasteiger partial charge in [-0.1, -0.05) is 24.3 Å². The van der Waals surface area contributed by atoms with E-state index in [1.165, 1.54) is 12.4 Å². The van der Waals surface area contributed by atoms with Crippen LogP contribution in [0.4, 0.5) is 11.6 Å². The van der Waals surface area contributed by atoms with Crippen LogP contribution >= 0.6 is 0 Å². The predicted octanol–water partition coefficient (Wildman–Crippen LogP) is 4.31. The lowest BCUT2D eigenvalue weighted by molar-refractivity contribution is -0.117. The molecule has 9 heteroatoms. The van der Waals surface area contributed by atoms with Gasteiger partial charge in [0.1, 0.15) is 29.5 Å². The highest BCUT2D eigenvalue weighted by Gasteiger charge is 2.24. The quantitative estimate of drug-likeness (QED) is 0.241. The first-order valence-electron chi connectivity index (χ1n) is 12.3. The van der Waals surface area contributed by atoms with E-state index in [-0.39, 0.29) is 29.5 Å². The Bertz CT molecular complexity index is 1220. The molecule has 9 nitrogen and oxygen atoms in total. The maximum absolute atomic E-state index is 12.0. The molecule has 1 heterocycles. The maximum atomic E-state index is 12.0. The minimum Gasteiger partial charge on any atom is -0.457 e. The maximum Gasteiger partial charge on any atom is 0.243 e. The zero-order valence-corrected chi connectivity index (χ0v) is 20.8. The van der Waals surface area contributed by atoms with E-state index < -0.39 is 0 Å². The van der Waals surface area contributed by atoms with E-state index >= 15 is 0 Å². The largest absolute Gasteiger partial charge is 0.457 e. The van der Waals surface area contributed by atoms with Crippen molar-refractivity contribution in [1.29, 1.82) is 5.41 Å². The van der Waals surface area contributed by atoms with E-state index in [0.717, 1.165) is 31.4 Å². The Morgan fingerprint density at radius 2 is 1.70 bits per heavy atom. The number of carbonyl (C=O) groups excluding carboxylic acids is 1. The van der Waals surface area contributed by atoms with E-state index in [1.807, 2.05) is 54.6 Å². The molecule has 0 unspecified atom stereocenters. The summed E-state index contributed by atoms with van der Waals surface area (Å²) >= 11 is 0. The first-order chi connectivity index (χ1) is 18.0. The Kier molecular flexibility index (Phi) is 8.83. The first kappa shape index (κ1) is 25.8. The summed E-state index contributed by atoms with van der Waals surface area (Å²) in [6.45, 7) is 0.412. The fraction of sp³-hybridized carbons (Fsp3) is 0.286. The van der Waals surface area contributed by atoms with Crippen LogP contribution in [-0.2, 0) is 9.53 Å². The van der Waals surface area contributed by atoms with Gasteiger partial charge in [0.15, 0.2) is 0 Å². The number of nitrogens with zero attached hydrogens (tertiary/aromatic N) is 2. The van der Waals surface area contributed by atoms with Crippen molar-refractivity contribution in [2.75, 3.05) is 24.8 Å². The molecule has 1 aromatic heterocycles. The normalized spacial score (nSPS) is 17.3. The number of carbonyl (C=O) groups is 1. The number of nitrogen functional groups attached to an aromatic ring is 1. The van der Waals surface area contributed by atoms with Crippen LogP contribution in [0, 0.1) is 5.41 Å². The molecule has 1 fully saturated rings. The van der Waals surface area contributed by atoms with Gasteiger partial charge in [-0.2, -0.15) is 0 Å². The lowest BCUT2D eigenvalue weighted by atomic mass is 9.91. The number of benzene rings is 2. The average Bonchev–Trinajstić information content (AvgIpc) is 2.91. The first-order valence-corrected chi connectivity index (χ1v) is 12.3. The van der Waals surface area contributed by atoms with Crippen molar-refractivity contribution in [3.63, 3.8) is 0 Å². The molecule has 0 saturated heterocycles. The summed E-state index contributed by atoms with van der Waals surface area (Å²) in [5, 5.41) is 15.3. The molecule has 1 amide bonds. The summed E-state index contributed by atoms with van der Waals surface area (Å²) < 4.78 is 10.8. The SMILES string of the molecule is COC/C=C/C(=O)NC1CCC(Nc2ncnc(N)c2C(=N)c2ccc(Oc3ccccc3)cc2)CC1. The minimum atomic E-state index is -0.104. The van der Waals surface area contributed by atoms with Gasteiger partial charge in [-0.3, -0.25) is 10.2 Å². The molecule has 0 radical (unpaired) electrons. The topological polar surface area (TPSA) is 135 Å². The van der Waals surface area contributed by atoms with Gasteiger partial charge in [0.2, 0.25) is 5.91 Å². The molecule has 0 spiro atoms. The third-order valence-corrected chi connectivity index (χ3v) is 6.20. The molecule has 0 bridgehead atoms. The Morgan fingerprint density at radius 3 is 2.41 bits per heavy atom. The molecule has 1 saturated carbocycles. The number of amides is 1. The van der Waals surface area contributed by atoms with Crippen LogP contribution in [0.3, 0.4) is 0 Å². The van der Waals surface area contributed by atoms with Crippen molar-refractivity contribution in [1.82, 2.24) is 15.3 Å². The summed E-state index contributed by atoms with van der Waals surface area (Å²) in [4.78, 5) is 20.6. The molecular formula is C28H32N6O3. The standard InChI is InChI=1S/C28H32N6O3/c1-36-17-5-8-24(35)33-20-11-13-21(14-12-20)34-28-25(27(30)31-18-32-28)26(29)19-9-15-23(16-10-19)37-22-6-3-2-4-7-22/h2-10,15-16,18,20-21,29H,11-14,17H2,1H3,(H,33,35)(H3,30,31,32,34)/b8-5+,29-26?. The average molecular weight is 501 g/mol. The second kappa shape index (κ2) is 12.6. The number of methoxy groups -OCH3 is 1. The third kappa shape index (κ3) is 7.14. The number of anilines is 2. The van der Waals surface area contributed by atoms with Gasteiger partial charge in [-0.25, -0.2) is 9.97 Å². The monoisotopic (exact) mass is 500 g/mol. The number of ether oxygens (including phenoxy) is 2. The van der Waals surface area contributed by atoms with E-state index in [9.17, 15) is 4.79 Å². The molecule has 0 atom stereocenters. The number of hydrogen-bond acceptors (Lipinski definition) is 8. The summed E-state index contributed by atoms with van der Waals surface area (Å²) in [5.41, 5.74) is 7.59. The Balaban J connectivity index is 1.38. The molecule has 1 aliphatic carbocycles. The molecule has 1 aliphatic rings. The van der Waals surface area contributed by atoms with Gasteiger partial charge in [-0.15, -0.1) is 0 Å². The van der Waals surface area contributed by atoms with E-state index in [2.05, 4.69) is 20.6 Å². The lowest BCUT2D eigenvalue weighted by Crippen LogP contribution is -2.39. The van der Waals surface area contributed by atoms with Crippen LogP contribution in [0.1, 0.15) is 36.8 Å². The Labute approximate surface area is 216 Å². The summed E-state index contributed by atoms with van der Waals surface area (Å²) in [6.07, 6.45) is 8.01. The second-order valence-electron chi connectivity index (χ2n) is 8.86. The van der Waals surface area contributed by atoms with Crippen LogP contribution in [0.5, 0.6) is 11.5 Å². The van der Waals surface area contributed by atoms with E-state index in [0.29, 0.717) is 29.3 Å². The molecule has 2 aromatic carbocycles. The fourth-order valence-electron chi connectivity index (χ4n) is 4.29. The number of nitrogens with two attached hydrogens (primary N) is 1. The zero-order chi connectivity index (χ0) is 26.0. The number of para-hydroxylation sites is 1. The number of rotatable bonds is 10. The smallest absolute Gasteiger partial charge is 0.243 e. The molecule has 37 heavy (non-hydrogen) atoms. The Hall–Kier alpha value is -4.24. The molecule has 0 aliphatic heterocycles. The van der Waals surface area contributed by atoms with Crippen molar-refractivity contribution in [2.45, 2.75) is 37.8 Å². The van der Waals surface area contributed by atoms with Crippen LogP contribution in [0.25, 0.3) is 0 Å². The molecule has 5 N–H and O–H groups in total. The fourth-order valence-corrected chi connectivity index (χ4v) is 4.29. The molecule has 3 aromatic rings. The van der Waals surface area contributed by atoms with E-state index in [4.69, 9.17) is 20.6 Å². The van der Waals surface area contributed by atoms with Gasteiger partial charge >= 0.3 is 0 Å². The van der Waals surface area contributed by atoms with Crippen LogP contribution in [0.2, 0.25) is 0 Å². The van der Waals surface area contributed by atoms with Crippen LogP contribution < -0.4 is 21.1 Å². The zero-order valence-electron chi connectivity index (χ0n) is 20.8. The van der Waals surface area contributed by atoms with Crippen LogP contribution in [-0.4, -0.2) is 47.4 Å². The summed E-state index contributed by atoms with van der Waals surface area (Å²) in [6, 6.07) is 17.1. The van der Waals surface area contributed by atoms with Crippen molar-refractivity contribution < 1.29 is 14.3 Å². The van der Waals surface area contributed by atoms with Crippen LogP contribution in [0.15, 0.2) is 73.1 Å². The van der Waals surface area contributed by atoms with E-state index in [1.54, 1.807) is 13.2 Å². The number of hydrogen-bond donors (Lipinski definition) is 4. The highest BCUT2D eigenvalue weighted by Crippen LogP contribution is 2.28. The van der Waals surface area contributed by atoms with Crippen molar-refractivity contribution >= 4 is 23.3 Å². The van der Waals surface area contributed by atoms with Crippen molar-refractivity contribution in [3.8, 4) is 11.5 Å². The lowest BCUT2D eigenvalue weighted by Gasteiger charge is -2.30. The molecule has 4 rings (SSSR count). The number of aromatic nitrogens is 2. The summed E-state index contributed by atoms with van der Waals surface area (Å²) in [7, 11) is 1.59. The molecular weight excluding hydrogens is 468 g/mol. The minimum absolute atomic E-state index is 0.104. The Morgan fingerprint density at radius 1 is 1.03 bits per heavy atom. The second-order valence-corrected chi connectivity index (χ2v) is 8.86. The molecule has 192 valence electrons. The van der Waals surface area contributed by atoms with Crippen molar-refractivity contribution in [2.24, 2.45) is 0 Å². The highest BCUT2D eigenvalue weighted by molar-refractivity contribution is 6.16. The van der Waals surface area contributed by atoms with Gasteiger partial charge in [0.25, 0.3) is 0 Å². The van der Waals surface area contributed by atoms with Gasteiger partial charge in [0.05, 0.1) is 17.9 Å².